The summed E-state index contributed by atoms with van der Waals surface area (Å²) < 4.78 is 13.3. The summed E-state index contributed by atoms with van der Waals surface area (Å²) in [5.41, 5.74) is 0.566. The van der Waals surface area contributed by atoms with Crippen molar-refractivity contribution >= 4 is 28.9 Å². The molecule has 10 heteroatoms. The van der Waals surface area contributed by atoms with Gasteiger partial charge in [0.15, 0.2) is 0 Å². The van der Waals surface area contributed by atoms with Crippen molar-refractivity contribution in [1.82, 2.24) is 5.32 Å². The molecule has 0 aliphatic heterocycles. The van der Waals surface area contributed by atoms with Crippen LogP contribution in [0.4, 0.5) is 21.5 Å². The maximum absolute atomic E-state index is 13.3. The van der Waals surface area contributed by atoms with Crippen molar-refractivity contribution in [3.63, 3.8) is 0 Å². The largest absolute Gasteiger partial charge is 0.387 e. The Morgan fingerprint density at radius 3 is 2.39 bits per heavy atom. The van der Waals surface area contributed by atoms with Crippen LogP contribution in [-0.2, 0) is 9.59 Å². The first-order valence-corrected chi connectivity index (χ1v) is 8.17. The number of halogens is 1. The number of amides is 2. The van der Waals surface area contributed by atoms with Gasteiger partial charge >= 0.3 is 17.5 Å². The minimum absolute atomic E-state index is 0.104. The molecule has 0 aromatic heterocycles. The zero-order valence-electron chi connectivity index (χ0n) is 15.2. The van der Waals surface area contributed by atoms with E-state index in [1.165, 1.54) is 0 Å². The van der Waals surface area contributed by atoms with E-state index in [1.54, 1.807) is 24.3 Å². The van der Waals surface area contributed by atoms with E-state index < -0.39 is 34.3 Å². The zero-order chi connectivity index (χ0) is 20.8. The summed E-state index contributed by atoms with van der Waals surface area (Å²) >= 11 is 0. The number of aliphatic hydroxyl groups is 1. The topological polar surface area (TPSA) is 125 Å². The fraction of sp³-hybridized carbons (Fsp3) is 0.222. The first kappa shape index (κ1) is 20.8. The van der Waals surface area contributed by atoms with Crippen LogP contribution in [-0.4, -0.2) is 42.5 Å². The SMILES string of the molecule is CN(C)c1ccc(C(O)CNC(=O)C(=O)Nc2ccc(F)c([N+](=O)[O-])c2)cc1. The highest BCUT2D eigenvalue weighted by Gasteiger charge is 2.19. The Hall–Kier alpha value is -3.53. The Kier molecular flexibility index (Phi) is 6.61. The van der Waals surface area contributed by atoms with Gasteiger partial charge in [-0.25, -0.2) is 0 Å². The molecule has 1 atom stereocenters. The number of hydrogen-bond acceptors (Lipinski definition) is 6. The smallest absolute Gasteiger partial charge is 0.313 e. The molecule has 0 spiro atoms. The third-order valence-electron chi connectivity index (χ3n) is 3.86. The minimum Gasteiger partial charge on any atom is -0.387 e. The lowest BCUT2D eigenvalue weighted by Gasteiger charge is -2.15. The van der Waals surface area contributed by atoms with Crippen LogP contribution in [0.15, 0.2) is 42.5 Å². The number of carbonyl (C=O) groups is 2. The molecule has 0 saturated heterocycles. The van der Waals surface area contributed by atoms with Gasteiger partial charge in [-0.3, -0.25) is 19.7 Å². The average molecular weight is 390 g/mol. The van der Waals surface area contributed by atoms with Crippen molar-refractivity contribution in [1.29, 1.82) is 0 Å². The van der Waals surface area contributed by atoms with Crippen molar-refractivity contribution in [3.05, 3.63) is 64.0 Å². The number of rotatable bonds is 6. The molecule has 3 N–H and O–H groups in total. The summed E-state index contributed by atoms with van der Waals surface area (Å²) in [7, 11) is 3.75. The standard InChI is InChI=1S/C18H19FN4O5/c1-22(2)13-6-3-11(4-7-13)16(24)10-20-17(25)18(26)21-12-5-8-14(19)15(9-12)23(27)28/h3-9,16,24H,10H2,1-2H3,(H,20,25)(H,21,26). The third kappa shape index (κ3) is 5.24. The summed E-state index contributed by atoms with van der Waals surface area (Å²) in [6.07, 6.45) is -1.03. The predicted molar refractivity (Wildman–Crippen MR) is 100 cm³/mol. The van der Waals surface area contributed by atoms with Gasteiger partial charge in [0.1, 0.15) is 0 Å². The highest BCUT2D eigenvalue weighted by atomic mass is 19.1. The highest BCUT2D eigenvalue weighted by Crippen LogP contribution is 2.21. The number of nitro benzene ring substituents is 1. The molecule has 1 unspecified atom stereocenters. The summed E-state index contributed by atoms with van der Waals surface area (Å²) in [5.74, 6) is -3.21. The molecule has 0 aliphatic carbocycles. The second kappa shape index (κ2) is 8.91. The van der Waals surface area contributed by atoms with Crippen molar-refractivity contribution in [2.24, 2.45) is 0 Å². The number of aliphatic hydroxyl groups excluding tert-OH is 1. The Bertz CT molecular complexity index is 886. The monoisotopic (exact) mass is 390 g/mol. The number of hydrogen-bond donors (Lipinski definition) is 3. The molecule has 0 saturated carbocycles. The van der Waals surface area contributed by atoms with Crippen LogP contribution in [0.3, 0.4) is 0 Å². The van der Waals surface area contributed by atoms with Gasteiger partial charge in [-0.05, 0) is 29.8 Å². The van der Waals surface area contributed by atoms with E-state index in [0.717, 1.165) is 23.9 Å². The molecule has 0 bridgehead atoms. The van der Waals surface area contributed by atoms with Gasteiger partial charge in [-0.1, -0.05) is 12.1 Å². The fourth-order valence-electron chi connectivity index (χ4n) is 2.30. The van der Waals surface area contributed by atoms with Crippen LogP contribution >= 0.6 is 0 Å². The van der Waals surface area contributed by atoms with Crippen LogP contribution in [0.2, 0.25) is 0 Å². The van der Waals surface area contributed by atoms with E-state index in [9.17, 15) is 29.2 Å². The normalized spacial score (nSPS) is 11.4. The first-order valence-electron chi connectivity index (χ1n) is 8.17. The van der Waals surface area contributed by atoms with Crippen LogP contribution in [0.25, 0.3) is 0 Å². The van der Waals surface area contributed by atoms with Crippen LogP contribution in [0, 0.1) is 15.9 Å². The number of nitrogens with one attached hydrogen (secondary N) is 2. The van der Waals surface area contributed by atoms with Crippen LogP contribution in [0.1, 0.15) is 11.7 Å². The van der Waals surface area contributed by atoms with Crippen molar-refractivity contribution < 1.29 is 24.0 Å². The lowest BCUT2D eigenvalue weighted by Crippen LogP contribution is -2.37. The Morgan fingerprint density at radius 2 is 1.82 bits per heavy atom. The van der Waals surface area contributed by atoms with E-state index in [-0.39, 0.29) is 12.2 Å². The van der Waals surface area contributed by atoms with Gasteiger partial charge in [0, 0.05) is 38.1 Å². The van der Waals surface area contributed by atoms with E-state index in [0.29, 0.717) is 5.56 Å². The van der Waals surface area contributed by atoms with Gasteiger partial charge in [0.2, 0.25) is 5.82 Å². The molecule has 2 rings (SSSR count). The van der Waals surface area contributed by atoms with Crippen LogP contribution < -0.4 is 15.5 Å². The maximum atomic E-state index is 13.3. The summed E-state index contributed by atoms with van der Waals surface area (Å²) in [5, 5.41) is 25.2. The number of benzene rings is 2. The number of nitrogens with zero attached hydrogens (tertiary/aromatic N) is 2. The Labute approximate surface area is 159 Å². The zero-order valence-corrected chi connectivity index (χ0v) is 15.2. The molecule has 2 aromatic carbocycles. The summed E-state index contributed by atoms with van der Waals surface area (Å²) in [6.45, 7) is -0.211. The summed E-state index contributed by atoms with van der Waals surface area (Å²) in [6, 6.07) is 9.71. The fourth-order valence-corrected chi connectivity index (χ4v) is 2.30. The summed E-state index contributed by atoms with van der Waals surface area (Å²) in [4.78, 5) is 35.4. The van der Waals surface area contributed by atoms with Crippen LogP contribution in [0.5, 0.6) is 0 Å². The lowest BCUT2D eigenvalue weighted by atomic mass is 10.1. The predicted octanol–water partition coefficient (Wildman–Crippen LogP) is 1.59. The van der Waals surface area contributed by atoms with Gasteiger partial charge in [0.25, 0.3) is 0 Å². The van der Waals surface area contributed by atoms with Crippen molar-refractivity contribution in [3.8, 4) is 0 Å². The molecule has 0 aliphatic rings. The molecule has 2 amide bonds. The van der Waals surface area contributed by atoms with E-state index >= 15 is 0 Å². The second-order valence-electron chi connectivity index (χ2n) is 6.09. The molecule has 0 radical (unpaired) electrons. The molecule has 2 aromatic rings. The molecule has 9 nitrogen and oxygen atoms in total. The van der Waals surface area contributed by atoms with Gasteiger partial charge < -0.3 is 20.6 Å². The molecular formula is C18H19FN4O5. The van der Waals surface area contributed by atoms with Gasteiger partial charge in [-0.2, -0.15) is 4.39 Å². The maximum Gasteiger partial charge on any atom is 0.313 e. The second-order valence-corrected chi connectivity index (χ2v) is 6.09. The Morgan fingerprint density at radius 1 is 1.18 bits per heavy atom. The minimum atomic E-state index is -1.10. The quantitative estimate of drug-likeness (QED) is 0.391. The Balaban J connectivity index is 1.92. The highest BCUT2D eigenvalue weighted by molar-refractivity contribution is 6.39. The molecule has 0 heterocycles. The number of anilines is 2. The van der Waals surface area contributed by atoms with Gasteiger partial charge in [0.05, 0.1) is 11.0 Å². The van der Waals surface area contributed by atoms with Gasteiger partial charge in [-0.15, -0.1) is 0 Å². The third-order valence-corrected chi connectivity index (χ3v) is 3.86. The van der Waals surface area contributed by atoms with E-state index in [4.69, 9.17) is 0 Å². The van der Waals surface area contributed by atoms with E-state index in [1.807, 2.05) is 19.0 Å². The average Bonchev–Trinajstić information content (AvgIpc) is 2.67. The van der Waals surface area contributed by atoms with E-state index in [2.05, 4.69) is 10.6 Å². The first-order chi connectivity index (χ1) is 13.2. The van der Waals surface area contributed by atoms with Crippen molar-refractivity contribution in [2.45, 2.75) is 6.10 Å². The number of nitro groups is 1. The molecule has 28 heavy (non-hydrogen) atoms. The lowest BCUT2D eigenvalue weighted by molar-refractivity contribution is -0.387. The molecule has 0 fully saturated rings. The molecular weight excluding hydrogens is 371 g/mol. The van der Waals surface area contributed by atoms with Crippen molar-refractivity contribution in [2.75, 3.05) is 30.9 Å². The molecule has 148 valence electrons. The number of carbonyl (C=O) groups excluding carboxylic acids is 2.